The van der Waals surface area contributed by atoms with Gasteiger partial charge < -0.3 is 10.1 Å². The molecular weight excluding hydrogens is 300 g/mol. The highest BCUT2D eigenvalue weighted by molar-refractivity contribution is 7.09. The van der Waals surface area contributed by atoms with E-state index in [1.807, 2.05) is 5.38 Å². The third-order valence-corrected chi connectivity index (χ3v) is 5.16. The number of carbonyl (C=O) groups is 1. The van der Waals surface area contributed by atoms with E-state index in [0.29, 0.717) is 19.7 Å². The fourth-order valence-corrected chi connectivity index (χ4v) is 3.82. The molecule has 1 aromatic rings. The molecule has 1 aliphatic heterocycles. The number of morpholine rings is 1. The average molecular weight is 320 g/mol. The Bertz CT molecular complexity index is 548. The minimum Gasteiger partial charge on any atom is -0.368 e. The maximum atomic E-state index is 12.3. The van der Waals surface area contributed by atoms with Gasteiger partial charge in [-0.3, -0.25) is 9.69 Å². The quantitative estimate of drug-likeness (QED) is 0.909. The van der Waals surface area contributed by atoms with E-state index in [0.717, 1.165) is 37.2 Å². The molecule has 1 amide bonds. The van der Waals surface area contributed by atoms with Gasteiger partial charge in [0.25, 0.3) is 0 Å². The van der Waals surface area contributed by atoms with Crippen LogP contribution in [0.4, 0.5) is 0 Å². The lowest BCUT2D eigenvalue weighted by molar-refractivity contribution is -0.125. The Morgan fingerprint density at radius 1 is 1.59 bits per heavy atom. The SMILES string of the molecule is N#CC1(NC(=O)CN2CCO[C@H](c3nccs3)C2)CCCC1. The zero-order valence-corrected chi connectivity index (χ0v) is 13.3. The number of carbonyl (C=O) groups excluding carboxylic acids is 1. The zero-order chi connectivity index (χ0) is 15.4. The van der Waals surface area contributed by atoms with Crippen LogP contribution in [0.25, 0.3) is 0 Å². The fourth-order valence-electron chi connectivity index (χ4n) is 3.14. The van der Waals surface area contributed by atoms with Crippen molar-refractivity contribution < 1.29 is 9.53 Å². The van der Waals surface area contributed by atoms with Gasteiger partial charge in [-0.2, -0.15) is 5.26 Å². The number of hydrogen-bond acceptors (Lipinski definition) is 6. The van der Waals surface area contributed by atoms with Crippen molar-refractivity contribution in [3.63, 3.8) is 0 Å². The van der Waals surface area contributed by atoms with Crippen molar-refractivity contribution in [1.82, 2.24) is 15.2 Å². The molecule has 1 N–H and O–H groups in total. The highest BCUT2D eigenvalue weighted by Crippen LogP contribution is 2.29. The summed E-state index contributed by atoms with van der Waals surface area (Å²) >= 11 is 1.57. The molecule has 1 aliphatic carbocycles. The number of amides is 1. The van der Waals surface area contributed by atoms with Crippen LogP contribution in [0.5, 0.6) is 0 Å². The van der Waals surface area contributed by atoms with Gasteiger partial charge in [0.15, 0.2) is 0 Å². The Balaban J connectivity index is 1.54. The summed E-state index contributed by atoms with van der Waals surface area (Å²) < 4.78 is 5.73. The summed E-state index contributed by atoms with van der Waals surface area (Å²) in [4.78, 5) is 18.6. The topological polar surface area (TPSA) is 78.2 Å². The minimum absolute atomic E-state index is 0.0574. The molecule has 2 heterocycles. The predicted molar refractivity (Wildman–Crippen MR) is 82.2 cm³/mol. The van der Waals surface area contributed by atoms with Crippen LogP contribution in [-0.4, -0.2) is 47.6 Å². The Labute approximate surface area is 134 Å². The van der Waals surface area contributed by atoms with E-state index in [2.05, 4.69) is 21.3 Å². The highest BCUT2D eigenvalue weighted by Gasteiger charge is 2.36. The van der Waals surface area contributed by atoms with E-state index in [9.17, 15) is 10.1 Å². The maximum Gasteiger partial charge on any atom is 0.235 e. The maximum absolute atomic E-state index is 12.3. The van der Waals surface area contributed by atoms with Gasteiger partial charge in [0.05, 0.1) is 19.2 Å². The second-order valence-electron chi connectivity index (χ2n) is 5.91. The van der Waals surface area contributed by atoms with Crippen molar-refractivity contribution in [3.05, 3.63) is 16.6 Å². The van der Waals surface area contributed by atoms with Crippen LogP contribution >= 0.6 is 11.3 Å². The summed E-state index contributed by atoms with van der Waals surface area (Å²) in [5.74, 6) is -0.0664. The second kappa shape index (κ2) is 6.73. The molecule has 22 heavy (non-hydrogen) atoms. The highest BCUT2D eigenvalue weighted by atomic mass is 32.1. The molecule has 0 bridgehead atoms. The molecule has 6 nitrogen and oxygen atoms in total. The Morgan fingerprint density at radius 2 is 2.41 bits per heavy atom. The smallest absolute Gasteiger partial charge is 0.235 e. The molecule has 0 aromatic carbocycles. The molecule has 0 radical (unpaired) electrons. The first-order valence-electron chi connectivity index (χ1n) is 7.66. The van der Waals surface area contributed by atoms with Gasteiger partial charge in [-0.05, 0) is 25.7 Å². The van der Waals surface area contributed by atoms with E-state index in [-0.39, 0.29) is 12.0 Å². The second-order valence-corrected chi connectivity index (χ2v) is 6.84. The molecule has 3 rings (SSSR count). The molecule has 1 saturated carbocycles. The monoisotopic (exact) mass is 320 g/mol. The molecule has 0 spiro atoms. The van der Waals surface area contributed by atoms with Crippen LogP contribution in [-0.2, 0) is 9.53 Å². The lowest BCUT2D eigenvalue weighted by Crippen LogP contribution is -2.50. The summed E-state index contributed by atoms with van der Waals surface area (Å²) in [5, 5.41) is 15.2. The van der Waals surface area contributed by atoms with Crippen molar-refractivity contribution in [2.24, 2.45) is 0 Å². The normalized spacial score (nSPS) is 24.8. The number of hydrogen-bond donors (Lipinski definition) is 1. The van der Waals surface area contributed by atoms with Gasteiger partial charge in [-0.1, -0.05) is 0 Å². The van der Waals surface area contributed by atoms with Crippen LogP contribution in [0.2, 0.25) is 0 Å². The molecule has 1 atom stereocenters. The van der Waals surface area contributed by atoms with Crippen molar-refractivity contribution in [2.75, 3.05) is 26.2 Å². The van der Waals surface area contributed by atoms with Gasteiger partial charge in [0, 0.05) is 24.7 Å². The van der Waals surface area contributed by atoms with Gasteiger partial charge in [-0.25, -0.2) is 4.98 Å². The lowest BCUT2D eigenvalue weighted by Gasteiger charge is -2.32. The standard InChI is InChI=1S/C15H20N4O2S/c16-11-15(3-1-2-4-15)18-13(20)10-19-6-7-21-12(9-19)14-17-5-8-22-14/h5,8,12H,1-4,6-7,9-10H2,(H,18,20)/t12-/m0/s1. The number of thiazole rings is 1. The average Bonchev–Trinajstić information content (AvgIpc) is 3.19. The zero-order valence-electron chi connectivity index (χ0n) is 12.5. The number of nitrogens with one attached hydrogen (secondary N) is 1. The molecule has 7 heteroatoms. The van der Waals surface area contributed by atoms with Crippen molar-refractivity contribution in [3.8, 4) is 6.07 Å². The van der Waals surface area contributed by atoms with Gasteiger partial charge in [-0.15, -0.1) is 11.3 Å². The summed E-state index contributed by atoms with van der Waals surface area (Å²) in [6.45, 7) is 2.31. The van der Waals surface area contributed by atoms with Gasteiger partial charge in [0.2, 0.25) is 5.91 Å². The molecule has 118 valence electrons. The van der Waals surface area contributed by atoms with Crippen LogP contribution < -0.4 is 5.32 Å². The minimum atomic E-state index is -0.641. The van der Waals surface area contributed by atoms with Crippen molar-refractivity contribution in [1.29, 1.82) is 5.26 Å². The molecule has 1 saturated heterocycles. The largest absolute Gasteiger partial charge is 0.368 e. The van der Waals surface area contributed by atoms with E-state index >= 15 is 0 Å². The van der Waals surface area contributed by atoms with Gasteiger partial charge in [0.1, 0.15) is 16.7 Å². The first-order valence-corrected chi connectivity index (χ1v) is 8.54. The van der Waals surface area contributed by atoms with E-state index in [4.69, 9.17) is 4.74 Å². The number of aromatic nitrogens is 1. The number of nitriles is 1. The Morgan fingerprint density at radius 3 is 3.09 bits per heavy atom. The molecule has 0 unspecified atom stereocenters. The van der Waals surface area contributed by atoms with E-state index in [1.165, 1.54) is 0 Å². The van der Waals surface area contributed by atoms with Crippen LogP contribution in [0.1, 0.15) is 36.8 Å². The number of nitrogens with zero attached hydrogens (tertiary/aromatic N) is 3. The number of ether oxygens (including phenoxy) is 1. The van der Waals surface area contributed by atoms with Crippen molar-refractivity contribution >= 4 is 17.2 Å². The van der Waals surface area contributed by atoms with Crippen LogP contribution in [0, 0.1) is 11.3 Å². The van der Waals surface area contributed by atoms with Crippen LogP contribution in [0.3, 0.4) is 0 Å². The first kappa shape index (κ1) is 15.4. The summed E-state index contributed by atoms with van der Waals surface area (Å²) in [7, 11) is 0. The van der Waals surface area contributed by atoms with Crippen molar-refractivity contribution in [2.45, 2.75) is 37.3 Å². The summed E-state index contributed by atoms with van der Waals surface area (Å²) in [5.41, 5.74) is -0.641. The predicted octanol–water partition coefficient (Wildman–Crippen LogP) is 1.47. The first-order chi connectivity index (χ1) is 10.7. The third-order valence-electron chi connectivity index (χ3n) is 4.29. The molecular formula is C15H20N4O2S. The summed E-state index contributed by atoms with van der Waals surface area (Å²) in [6.07, 6.45) is 5.26. The molecule has 2 aliphatic rings. The molecule has 2 fully saturated rings. The van der Waals surface area contributed by atoms with Gasteiger partial charge >= 0.3 is 0 Å². The Kier molecular flexibility index (Phi) is 4.71. The lowest BCUT2D eigenvalue weighted by atomic mass is 10.00. The number of rotatable bonds is 4. The third kappa shape index (κ3) is 3.46. The molecule has 1 aromatic heterocycles. The van der Waals surface area contributed by atoms with E-state index in [1.54, 1.807) is 17.5 Å². The van der Waals surface area contributed by atoms with E-state index < -0.39 is 5.54 Å². The summed E-state index contributed by atoms with van der Waals surface area (Å²) in [6, 6.07) is 2.29. The van der Waals surface area contributed by atoms with Crippen LogP contribution in [0.15, 0.2) is 11.6 Å². The Hall–Kier alpha value is -1.49. The fraction of sp³-hybridized carbons (Fsp3) is 0.667.